The fraction of sp³-hybridized carbons (Fsp3) is 0.529. The van der Waals surface area contributed by atoms with Gasteiger partial charge in [-0.2, -0.15) is 0 Å². The zero-order valence-corrected chi connectivity index (χ0v) is 13.6. The van der Waals surface area contributed by atoms with Gasteiger partial charge < -0.3 is 19.2 Å². The number of rotatable bonds is 3. The lowest BCUT2D eigenvalue weighted by Crippen LogP contribution is -2.38. The number of aldehydes is 1. The summed E-state index contributed by atoms with van der Waals surface area (Å²) in [6.07, 6.45) is 1.11. The molecule has 0 spiro atoms. The molecule has 22 heavy (non-hydrogen) atoms. The van der Waals surface area contributed by atoms with E-state index in [0.29, 0.717) is 25.3 Å². The van der Waals surface area contributed by atoms with Crippen molar-refractivity contribution in [2.24, 2.45) is 0 Å². The van der Waals surface area contributed by atoms with Crippen LogP contribution < -0.4 is 4.74 Å². The molecule has 1 saturated heterocycles. The minimum atomic E-state index is -0.733. The fourth-order valence-electron chi connectivity index (χ4n) is 2.75. The van der Waals surface area contributed by atoms with E-state index in [-0.39, 0.29) is 6.09 Å². The van der Waals surface area contributed by atoms with E-state index in [9.17, 15) is 9.59 Å². The molecule has 1 amide bonds. The van der Waals surface area contributed by atoms with Crippen LogP contribution in [0.15, 0.2) is 24.3 Å². The first-order valence-electron chi connectivity index (χ1n) is 7.39. The van der Waals surface area contributed by atoms with Crippen LogP contribution in [0.25, 0.3) is 0 Å². The molecule has 1 aromatic carbocycles. The van der Waals surface area contributed by atoms with Crippen LogP contribution >= 0.6 is 0 Å². The van der Waals surface area contributed by atoms with Crippen LogP contribution in [0.4, 0.5) is 4.79 Å². The molecule has 0 bridgehead atoms. The van der Waals surface area contributed by atoms with E-state index in [1.54, 1.807) is 12.0 Å². The van der Waals surface area contributed by atoms with Gasteiger partial charge in [0, 0.05) is 18.7 Å². The summed E-state index contributed by atoms with van der Waals surface area (Å²) in [6, 6.07) is 7.45. The summed E-state index contributed by atoms with van der Waals surface area (Å²) >= 11 is 0. The topological polar surface area (TPSA) is 55.8 Å². The van der Waals surface area contributed by atoms with Gasteiger partial charge in [-0.1, -0.05) is 18.2 Å². The number of ether oxygens (including phenoxy) is 2. The highest BCUT2D eigenvalue weighted by atomic mass is 16.6. The number of hydrogen-bond donors (Lipinski definition) is 0. The Morgan fingerprint density at radius 2 is 2.00 bits per heavy atom. The second kappa shape index (κ2) is 5.99. The molecule has 5 heteroatoms. The Kier molecular flexibility index (Phi) is 4.44. The molecule has 1 unspecified atom stereocenters. The molecule has 0 N–H and O–H groups in total. The first kappa shape index (κ1) is 16.3. The second-order valence-electron chi connectivity index (χ2n) is 6.63. The molecular weight excluding hydrogens is 282 g/mol. The summed E-state index contributed by atoms with van der Waals surface area (Å²) in [5.74, 6) is 0.667. The molecule has 1 heterocycles. The number of para-hydroxylation sites is 1. The quantitative estimate of drug-likeness (QED) is 0.806. The van der Waals surface area contributed by atoms with Crippen molar-refractivity contribution in [3.8, 4) is 5.75 Å². The number of nitrogens with zero attached hydrogens (tertiary/aromatic N) is 1. The zero-order valence-electron chi connectivity index (χ0n) is 13.6. The molecule has 0 aromatic heterocycles. The summed E-state index contributed by atoms with van der Waals surface area (Å²) in [5, 5.41) is 0. The maximum absolute atomic E-state index is 12.2. The Balaban J connectivity index is 2.24. The highest BCUT2D eigenvalue weighted by Crippen LogP contribution is 2.38. The Morgan fingerprint density at radius 3 is 2.59 bits per heavy atom. The van der Waals surface area contributed by atoms with E-state index < -0.39 is 11.0 Å². The van der Waals surface area contributed by atoms with Crippen molar-refractivity contribution in [3.63, 3.8) is 0 Å². The lowest BCUT2D eigenvalue weighted by atomic mass is 9.80. The maximum Gasteiger partial charge on any atom is 0.410 e. The summed E-state index contributed by atoms with van der Waals surface area (Å²) in [4.78, 5) is 25.6. The van der Waals surface area contributed by atoms with Gasteiger partial charge in [0.2, 0.25) is 0 Å². The molecule has 2 rings (SSSR count). The first-order chi connectivity index (χ1) is 10.3. The summed E-state index contributed by atoms with van der Waals surface area (Å²) in [5.41, 5.74) is -0.462. The number of methoxy groups -OCH3 is 1. The van der Waals surface area contributed by atoms with Crippen LogP contribution in [0.2, 0.25) is 0 Å². The Hall–Kier alpha value is -2.04. The number of amides is 1. The van der Waals surface area contributed by atoms with Gasteiger partial charge in [-0.25, -0.2) is 4.79 Å². The lowest BCUT2D eigenvalue weighted by molar-refractivity contribution is -0.112. The predicted octanol–water partition coefficient (Wildman–Crippen LogP) is 2.77. The Labute approximate surface area is 131 Å². The molecule has 120 valence electrons. The lowest BCUT2D eigenvalue weighted by Gasteiger charge is -2.27. The van der Waals surface area contributed by atoms with Gasteiger partial charge in [-0.3, -0.25) is 0 Å². The smallest absolute Gasteiger partial charge is 0.410 e. The molecule has 1 aromatic rings. The van der Waals surface area contributed by atoms with Crippen molar-refractivity contribution in [3.05, 3.63) is 29.8 Å². The van der Waals surface area contributed by atoms with E-state index >= 15 is 0 Å². The Morgan fingerprint density at radius 1 is 1.32 bits per heavy atom. The van der Waals surface area contributed by atoms with Crippen LogP contribution in [0.3, 0.4) is 0 Å². The van der Waals surface area contributed by atoms with Gasteiger partial charge in [0.15, 0.2) is 0 Å². The normalized spacial score (nSPS) is 21.5. The number of likely N-dealkylation sites (tertiary alicyclic amines) is 1. The number of hydrogen-bond acceptors (Lipinski definition) is 4. The third kappa shape index (κ3) is 3.24. The van der Waals surface area contributed by atoms with Crippen molar-refractivity contribution < 1.29 is 19.1 Å². The molecule has 1 aliphatic heterocycles. The van der Waals surface area contributed by atoms with Gasteiger partial charge in [-0.15, -0.1) is 0 Å². The van der Waals surface area contributed by atoms with Crippen LogP contribution in [-0.2, 0) is 14.9 Å². The van der Waals surface area contributed by atoms with Gasteiger partial charge in [-0.05, 0) is 33.3 Å². The molecule has 5 nitrogen and oxygen atoms in total. The standard InChI is InChI=1S/C17H23NO4/c1-16(2,3)22-15(20)18-10-9-17(11-18,12-19)13-7-5-6-8-14(13)21-4/h5-8,12H,9-11H2,1-4H3. The highest BCUT2D eigenvalue weighted by molar-refractivity contribution is 5.76. The molecule has 1 fully saturated rings. The van der Waals surface area contributed by atoms with E-state index in [4.69, 9.17) is 9.47 Å². The average Bonchev–Trinajstić information content (AvgIpc) is 2.91. The number of benzene rings is 1. The van der Waals surface area contributed by atoms with Gasteiger partial charge in [0.1, 0.15) is 17.6 Å². The predicted molar refractivity (Wildman–Crippen MR) is 83.2 cm³/mol. The highest BCUT2D eigenvalue weighted by Gasteiger charge is 2.44. The van der Waals surface area contributed by atoms with Crippen LogP contribution in [0.5, 0.6) is 5.75 Å². The first-order valence-corrected chi connectivity index (χ1v) is 7.39. The van der Waals surface area contributed by atoms with Crippen LogP contribution in [0.1, 0.15) is 32.8 Å². The zero-order chi connectivity index (χ0) is 16.4. The summed E-state index contributed by atoms with van der Waals surface area (Å²) in [7, 11) is 1.58. The number of carbonyl (C=O) groups excluding carboxylic acids is 2. The van der Waals surface area contributed by atoms with Crippen molar-refractivity contribution in [1.29, 1.82) is 0 Å². The van der Waals surface area contributed by atoms with E-state index in [0.717, 1.165) is 11.8 Å². The van der Waals surface area contributed by atoms with E-state index in [1.807, 2.05) is 45.0 Å². The van der Waals surface area contributed by atoms with E-state index in [2.05, 4.69) is 0 Å². The minimum Gasteiger partial charge on any atom is -0.496 e. The molecule has 1 atom stereocenters. The minimum absolute atomic E-state index is 0.311. The SMILES string of the molecule is COc1ccccc1C1(C=O)CCN(C(=O)OC(C)(C)C)C1. The molecule has 0 saturated carbocycles. The summed E-state index contributed by atoms with van der Waals surface area (Å²) in [6.45, 7) is 6.29. The summed E-state index contributed by atoms with van der Waals surface area (Å²) < 4.78 is 10.8. The van der Waals surface area contributed by atoms with Crippen molar-refractivity contribution in [1.82, 2.24) is 4.90 Å². The van der Waals surface area contributed by atoms with Crippen molar-refractivity contribution in [2.75, 3.05) is 20.2 Å². The third-order valence-electron chi connectivity index (χ3n) is 3.82. The molecule has 0 radical (unpaired) electrons. The third-order valence-corrected chi connectivity index (χ3v) is 3.82. The van der Waals surface area contributed by atoms with Crippen molar-refractivity contribution >= 4 is 12.4 Å². The van der Waals surface area contributed by atoms with Crippen LogP contribution in [0, 0.1) is 0 Å². The monoisotopic (exact) mass is 305 g/mol. The molecular formula is C17H23NO4. The van der Waals surface area contributed by atoms with Gasteiger partial charge in [0.25, 0.3) is 0 Å². The van der Waals surface area contributed by atoms with Gasteiger partial charge in [0.05, 0.1) is 12.5 Å². The molecule has 1 aliphatic rings. The average molecular weight is 305 g/mol. The van der Waals surface area contributed by atoms with Crippen LogP contribution in [-0.4, -0.2) is 43.1 Å². The van der Waals surface area contributed by atoms with Gasteiger partial charge >= 0.3 is 6.09 Å². The maximum atomic E-state index is 12.2. The second-order valence-corrected chi connectivity index (χ2v) is 6.63. The number of carbonyl (C=O) groups is 2. The molecule has 0 aliphatic carbocycles. The largest absolute Gasteiger partial charge is 0.496 e. The fourth-order valence-corrected chi connectivity index (χ4v) is 2.75. The Bertz CT molecular complexity index is 564. The van der Waals surface area contributed by atoms with E-state index in [1.165, 1.54) is 0 Å². The van der Waals surface area contributed by atoms with Crippen molar-refractivity contribution in [2.45, 2.75) is 38.2 Å².